The number of methoxy groups -OCH3 is 1. The van der Waals surface area contributed by atoms with Crippen molar-refractivity contribution in [3.05, 3.63) is 42.0 Å². The number of rotatable bonds is 6. The minimum Gasteiger partial charge on any atom is -0.497 e. The Bertz CT molecular complexity index is 530. The van der Waals surface area contributed by atoms with Crippen molar-refractivity contribution in [1.29, 1.82) is 0 Å². The third-order valence-electron chi connectivity index (χ3n) is 3.78. The maximum Gasteiger partial charge on any atom is 0.315 e. The first-order chi connectivity index (χ1) is 10.6. The summed E-state index contributed by atoms with van der Waals surface area (Å²) in [4.78, 5) is 12.0. The first kappa shape index (κ1) is 16.4. The molecule has 0 radical (unpaired) electrons. The molecule has 5 heteroatoms. The molecule has 22 heavy (non-hydrogen) atoms. The summed E-state index contributed by atoms with van der Waals surface area (Å²) >= 11 is 0. The van der Waals surface area contributed by atoms with Gasteiger partial charge in [-0.1, -0.05) is 24.3 Å². The highest BCUT2D eigenvalue weighted by Crippen LogP contribution is 2.17. The number of carbonyl (C=O) groups excluding carboxylic acids is 1. The standard InChI is InChI=1S/C17H24N2O3/c1-12(8-13-4-3-5-16(10-13)22-2)18-17(21)19-15-7-6-14(9-15)11-20/h3-7,10,12,14-15,20H,8-9,11H2,1-2H3,(H2,18,19,21)/t12?,14-,15+/m0/s1. The van der Waals surface area contributed by atoms with Gasteiger partial charge < -0.3 is 20.5 Å². The molecule has 0 fully saturated rings. The Hall–Kier alpha value is -2.01. The Morgan fingerprint density at radius 3 is 2.95 bits per heavy atom. The van der Waals surface area contributed by atoms with Crippen molar-refractivity contribution in [2.45, 2.75) is 31.8 Å². The number of benzene rings is 1. The van der Waals surface area contributed by atoms with Gasteiger partial charge in [0, 0.05) is 24.6 Å². The van der Waals surface area contributed by atoms with Gasteiger partial charge in [-0.15, -0.1) is 0 Å². The van der Waals surface area contributed by atoms with Crippen LogP contribution in [-0.4, -0.2) is 36.9 Å². The van der Waals surface area contributed by atoms with Gasteiger partial charge in [0.05, 0.1) is 7.11 Å². The van der Waals surface area contributed by atoms with Crippen molar-refractivity contribution in [2.75, 3.05) is 13.7 Å². The molecule has 0 saturated heterocycles. The molecule has 0 bridgehead atoms. The van der Waals surface area contributed by atoms with Crippen LogP contribution in [0.15, 0.2) is 36.4 Å². The van der Waals surface area contributed by atoms with Crippen LogP contribution in [0.2, 0.25) is 0 Å². The second-order valence-corrected chi connectivity index (χ2v) is 5.74. The fraction of sp³-hybridized carbons (Fsp3) is 0.471. The lowest BCUT2D eigenvalue weighted by molar-refractivity contribution is 0.229. The number of amides is 2. The highest BCUT2D eigenvalue weighted by Gasteiger charge is 2.20. The van der Waals surface area contributed by atoms with Crippen molar-refractivity contribution in [2.24, 2.45) is 5.92 Å². The Balaban J connectivity index is 1.77. The molecule has 0 aliphatic heterocycles. The van der Waals surface area contributed by atoms with E-state index in [0.29, 0.717) is 0 Å². The van der Waals surface area contributed by atoms with E-state index in [1.807, 2.05) is 43.3 Å². The highest BCUT2D eigenvalue weighted by molar-refractivity contribution is 5.74. The number of aliphatic hydroxyl groups is 1. The molecule has 0 heterocycles. The molecular weight excluding hydrogens is 280 g/mol. The Morgan fingerprint density at radius 1 is 1.45 bits per heavy atom. The van der Waals surface area contributed by atoms with E-state index in [4.69, 9.17) is 9.84 Å². The number of hydrogen-bond acceptors (Lipinski definition) is 3. The lowest BCUT2D eigenvalue weighted by Crippen LogP contribution is -2.45. The Kier molecular flexibility index (Phi) is 5.83. The topological polar surface area (TPSA) is 70.6 Å². The van der Waals surface area contributed by atoms with Gasteiger partial charge in [-0.2, -0.15) is 0 Å². The normalized spacial score (nSPS) is 21.4. The summed E-state index contributed by atoms with van der Waals surface area (Å²) in [7, 11) is 1.64. The molecule has 2 rings (SSSR count). The molecule has 3 N–H and O–H groups in total. The summed E-state index contributed by atoms with van der Waals surface area (Å²) in [5, 5.41) is 14.9. The van der Waals surface area contributed by atoms with E-state index in [0.717, 1.165) is 24.2 Å². The minimum absolute atomic E-state index is 0.00108. The van der Waals surface area contributed by atoms with E-state index in [9.17, 15) is 4.79 Å². The van der Waals surface area contributed by atoms with E-state index in [1.165, 1.54) is 0 Å². The van der Waals surface area contributed by atoms with Crippen LogP contribution in [0, 0.1) is 5.92 Å². The molecule has 0 aromatic heterocycles. The Morgan fingerprint density at radius 2 is 2.27 bits per heavy atom. The lowest BCUT2D eigenvalue weighted by Gasteiger charge is -2.18. The fourth-order valence-corrected chi connectivity index (χ4v) is 2.65. The smallest absolute Gasteiger partial charge is 0.315 e. The van der Waals surface area contributed by atoms with Gasteiger partial charge >= 0.3 is 6.03 Å². The van der Waals surface area contributed by atoms with Crippen LogP contribution in [0.3, 0.4) is 0 Å². The molecule has 2 amide bonds. The average Bonchev–Trinajstić information content (AvgIpc) is 2.94. The zero-order chi connectivity index (χ0) is 15.9. The second-order valence-electron chi connectivity index (χ2n) is 5.74. The molecule has 1 aromatic carbocycles. The number of hydrogen-bond donors (Lipinski definition) is 3. The molecule has 1 aliphatic rings. The summed E-state index contributed by atoms with van der Waals surface area (Å²) in [6.45, 7) is 2.10. The molecule has 3 atom stereocenters. The number of nitrogens with one attached hydrogen (secondary N) is 2. The Labute approximate surface area is 131 Å². The highest BCUT2D eigenvalue weighted by atomic mass is 16.5. The summed E-state index contributed by atoms with van der Waals surface area (Å²) in [5.74, 6) is 0.972. The molecular formula is C17H24N2O3. The number of urea groups is 1. The summed E-state index contributed by atoms with van der Waals surface area (Å²) in [6, 6.07) is 7.68. The summed E-state index contributed by atoms with van der Waals surface area (Å²) < 4.78 is 5.20. The molecule has 1 unspecified atom stereocenters. The van der Waals surface area contributed by atoms with Crippen molar-refractivity contribution in [3.8, 4) is 5.75 Å². The minimum atomic E-state index is -0.177. The first-order valence-electron chi connectivity index (χ1n) is 7.60. The van der Waals surface area contributed by atoms with Gasteiger partial charge in [0.2, 0.25) is 0 Å². The van der Waals surface area contributed by atoms with Gasteiger partial charge in [0.25, 0.3) is 0 Å². The summed E-state index contributed by atoms with van der Waals surface area (Å²) in [5.41, 5.74) is 1.12. The van der Waals surface area contributed by atoms with Crippen molar-refractivity contribution in [3.63, 3.8) is 0 Å². The number of ether oxygens (including phenoxy) is 1. The van der Waals surface area contributed by atoms with Crippen LogP contribution in [0.5, 0.6) is 5.75 Å². The van der Waals surface area contributed by atoms with Crippen LogP contribution >= 0.6 is 0 Å². The predicted molar refractivity (Wildman–Crippen MR) is 85.9 cm³/mol. The molecule has 1 aliphatic carbocycles. The fourth-order valence-electron chi connectivity index (χ4n) is 2.65. The van der Waals surface area contributed by atoms with Gasteiger partial charge in [-0.3, -0.25) is 0 Å². The van der Waals surface area contributed by atoms with Crippen molar-refractivity contribution in [1.82, 2.24) is 10.6 Å². The average molecular weight is 304 g/mol. The van der Waals surface area contributed by atoms with Crippen LogP contribution in [0.4, 0.5) is 4.79 Å². The predicted octanol–water partition coefficient (Wildman–Crippen LogP) is 1.86. The van der Waals surface area contributed by atoms with Crippen LogP contribution < -0.4 is 15.4 Å². The van der Waals surface area contributed by atoms with Crippen molar-refractivity contribution >= 4 is 6.03 Å². The second kappa shape index (κ2) is 7.84. The van der Waals surface area contributed by atoms with Gasteiger partial charge in [0.1, 0.15) is 5.75 Å². The van der Waals surface area contributed by atoms with Crippen LogP contribution in [0.1, 0.15) is 18.9 Å². The van der Waals surface area contributed by atoms with Crippen molar-refractivity contribution < 1.29 is 14.6 Å². The monoisotopic (exact) mass is 304 g/mol. The van der Waals surface area contributed by atoms with Crippen LogP contribution in [-0.2, 0) is 6.42 Å². The lowest BCUT2D eigenvalue weighted by atomic mass is 10.1. The number of aliphatic hydroxyl groups excluding tert-OH is 1. The van der Waals surface area contributed by atoms with Crippen LogP contribution in [0.25, 0.3) is 0 Å². The van der Waals surface area contributed by atoms with Gasteiger partial charge in [0.15, 0.2) is 0 Å². The first-order valence-corrected chi connectivity index (χ1v) is 7.60. The zero-order valence-corrected chi connectivity index (χ0v) is 13.1. The van der Waals surface area contributed by atoms with Gasteiger partial charge in [-0.05, 0) is 37.5 Å². The SMILES string of the molecule is COc1cccc(CC(C)NC(=O)N[C@@H]2C=C[C@H](CO)C2)c1. The largest absolute Gasteiger partial charge is 0.497 e. The third-order valence-corrected chi connectivity index (χ3v) is 3.78. The number of carbonyl (C=O) groups is 1. The molecule has 5 nitrogen and oxygen atoms in total. The quantitative estimate of drug-likeness (QED) is 0.703. The molecule has 0 saturated carbocycles. The van der Waals surface area contributed by atoms with E-state index >= 15 is 0 Å². The van der Waals surface area contributed by atoms with Gasteiger partial charge in [-0.25, -0.2) is 4.79 Å². The van der Waals surface area contributed by atoms with E-state index in [-0.39, 0.29) is 30.6 Å². The van der Waals surface area contributed by atoms with E-state index in [1.54, 1.807) is 7.11 Å². The zero-order valence-electron chi connectivity index (χ0n) is 13.1. The van der Waals surface area contributed by atoms with E-state index < -0.39 is 0 Å². The third kappa shape index (κ3) is 4.77. The molecule has 0 spiro atoms. The maximum absolute atomic E-state index is 12.0. The van der Waals surface area contributed by atoms with E-state index in [2.05, 4.69) is 10.6 Å². The maximum atomic E-state index is 12.0. The molecule has 1 aromatic rings. The summed E-state index contributed by atoms with van der Waals surface area (Å²) in [6.07, 6.45) is 5.39. The molecule has 120 valence electrons.